The number of nitrogens with zero attached hydrogens (tertiary/aromatic N) is 1. The number of anilines is 2. The predicted molar refractivity (Wildman–Crippen MR) is 79.9 cm³/mol. The number of esters is 1. The standard InChI is InChI=1S/C14H19N3O2S/c1-19-14(18)12-11(16)10(8-15)13(20-12)17-9-6-4-2-3-5-7-9/h9,17H,2-7,16H2,1H3. The van der Waals surface area contributed by atoms with Crippen LogP contribution in [-0.4, -0.2) is 19.1 Å². The van der Waals surface area contributed by atoms with Crippen LogP contribution in [0.5, 0.6) is 0 Å². The normalized spacial score (nSPS) is 16.2. The van der Waals surface area contributed by atoms with E-state index < -0.39 is 5.97 Å². The van der Waals surface area contributed by atoms with Crippen molar-refractivity contribution in [1.82, 2.24) is 0 Å². The maximum Gasteiger partial charge on any atom is 0.350 e. The van der Waals surface area contributed by atoms with Gasteiger partial charge in [0.1, 0.15) is 21.5 Å². The van der Waals surface area contributed by atoms with Crippen molar-refractivity contribution in [2.75, 3.05) is 18.2 Å². The number of nitrogens with one attached hydrogen (secondary N) is 1. The van der Waals surface area contributed by atoms with Crippen LogP contribution in [-0.2, 0) is 4.74 Å². The molecule has 1 aromatic heterocycles. The highest BCUT2D eigenvalue weighted by atomic mass is 32.1. The molecule has 0 radical (unpaired) electrons. The fraction of sp³-hybridized carbons (Fsp3) is 0.571. The summed E-state index contributed by atoms with van der Waals surface area (Å²) < 4.78 is 4.69. The number of methoxy groups -OCH3 is 1. The highest BCUT2D eigenvalue weighted by molar-refractivity contribution is 7.18. The van der Waals surface area contributed by atoms with E-state index in [9.17, 15) is 10.1 Å². The average molecular weight is 293 g/mol. The number of ether oxygens (including phenoxy) is 1. The number of carbonyl (C=O) groups is 1. The summed E-state index contributed by atoms with van der Waals surface area (Å²) in [5.74, 6) is -0.488. The topological polar surface area (TPSA) is 88.1 Å². The zero-order valence-corrected chi connectivity index (χ0v) is 12.4. The quantitative estimate of drug-likeness (QED) is 0.660. The third-order valence-electron chi connectivity index (χ3n) is 3.62. The molecule has 0 unspecified atom stereocenters. The maximum absolute atomic E-state index is 11.6. The van der Waals surface area contributed by atoms with Crippen molar-refractivity contribution in [3.8, 4) is 6.07 Å². The minimum atomic E-state index is -0.488. The van der Waals surface area contributed by atoms with Crippen molar-refractivity contribution in [2.24, 2.45) is 0 Å². The van der Waals surface area contributed by atoms with Crippen molar-refractivity contribution in [2.45, 2.75) is 44.6 Å². The lowest BCUT2D eigenvalue weighted by Crippen LogP contribution is -2.18. The van der Waals surface area contributed by atoms with E-state index in [0.717, 1.165) is 12.8 Å². The van der Waals surface area contributed by atoms with Gasteiger partial charge in [0, 0.05) is 6.04 Å². The third kappa shape index (κ3) is 3.05. The van der Waals surface area contributed by atoms with E-state index in [-0.39, 0.29) is 5.69 Å². The van der Waals surface area contributed by atoms with Gasteiger partial charge in [-0.15, -0.1) is 11.3 Å². The van der Waals surface area contributed by atoms with Gasteiger partial charge in [0.05, 0.1) is 12.8 Å². The number of hydrogen-bond acceptors (Lipinski definition) is 6. The van der Waals surface area contributed by atoms with Crippen molar-refractivity contribution in [3.05, 3.63) is 10.4 Å². The largest absolute Gasteiger partial charge is 0.465 e. The second-order valence-corrected chi connectivity index (χ2v) is 6.01. The Kier molecular flexibility index (Phi) is 4.85. The smallest absolute Gasteiger partial charge is 0.350 e. The maximum atomic E-state index is 11.6. The molecule has 0 saturated heterocycles. The number of nitrogen functional groups attached to an aromatic ring is 1. The number of carbonyl (C=O) groups excluding carboxylic acids is 1. The number of thiophene rings is 1. The first-order chi connectivity index (χ1) is 9.67. The van der Waals surface area contributed by atoms with Gasteiger partial charge < -0.3 is 15.8 Å². The van der Waals surface area contributed by atoms with Crippen LogP contribution in [0.1, 0.15) is 53.8 Å². The van der Waals surface area contributed by atoms with Gasteiger partial charge in [-0.05, 0) is 12.8 Å². The molecule has 0 aromatic carbocycles. The van der Waals surface area contributed by atoms with Crippen LogP contribution in [0.3, 0.4) is 0 Å². The van der Waals surface area contributed by atoms with Crippen molar-refractivity contribution in [1.29, 1.82) is 5.26 Å². The van der Waals surface area contributed by atoms with Gasteiger partial charge in [0.25, 0.3) is 0 Å². The first-order valence-corrected chi connectivity index (χ1v) is 7.66. The van der Waals surface area contributed by atoms with Gasteiger partial charge >= 0.3 is 5.97 Å². The first kappa shape index (κ1) is 14.7. The van der Waals surface area contributed by atoms with Gasteiger partial charge in [-0.2, -0.15) is 5.26 Å². The van der Waals surface area contributed by atoms with Crippen LogP contribution in [0.25, 0.3) is 0 Å². The van der Waals surface area contributed by atoms with E-state index in [0.29, 0.717) is 21.5 Å². The summed E-state index contributed by atoms with van der Waals surface area (Å²) in [5.41, 5.74) is 6.46. The lowest BCUT2D eigenvalue weighted by molar-refractivity contribution is 0.0607. The molecule has 1 aliphatic carbocycles. The van der Waals surface area contributed by atoms with E-state index in [2.05, 4.69) is 11.4 Å². The summed E-state index contributed by atoms with van der Waals surface area (Å²) >= 11 is 1.21. The van der Waals surface area contributed by atoms with Crippen LogP contribution >= 0.6 is 11.3 Å². The van der Waals surface area contributed by atoms with E-state index in [1.807, 2.05) is 0 Å². The molecule has 0 amide bonds. The SMILES string of the molecule is COC(=O)c1sc(NC2CCCCCC2)c(C#N)c1N. The summed E-state index contributed by atoms with van der Waals surface area (Å²) in [7, 11) is 1.31. The predicted octanol–water partition coefficient (Wildman–Crippen LogP) is 3.12. The molecule has 1 fully saturated rings. The van der Waals surface area contributed by atoms with E-state index in [1.54, 1.807) is 0 Å². The first-order valence-electron chi connectivity index (χ1n) is 6.84. The number of hydrogen-bond donors (Lipinski definition) is 2. The Labute approximate surface area is 122 Å². The minimum Gasteiger partial charge on any atom is -0.465 e. The molecule has 0 atom stereocenters. The van der Waals surface area contributed by atoms with Crippen LogP contribution in [0.15, 0.2) is 0 Å². The molecule has 1 saturated carbocycles. The second kappa shape index (κ2) is 6.62. The van der Waals surface area contributed by atoms with E-state index >= 15 is 0 Å². The van der Waals surface area contributed by atoms with E-state index in [4.69, 9.17) is 10.5 Å². The molecule has 20 heavy (non-hydrogen) atoms. The highest BCUT2D eigenvalue weighted by Gasteiger charge is 2.23. The molecule has 0 bridgehead atoms. The molecular weight excluding hydrogens is 274 g/mol. The zero-order chi connectivity index (χ0) is 14.5. The van der Waals surface area contributed by atoms with Crippen LogP contribution < -0.4 is 11.1 Å². The van der Waals surface area contributed by atoms with Crippen molar-refractivity contribution in [3.63, 3.8) is 0 Å². The highest BCUT2D eigenvalue weighted by Crippen LogP contribution is 2.37. The molecule has 1 heterocycles. The summed E-state index contributed by atoms with van der Waals surface area (Å²) in [6, 6.07) is 2.44. The zero-order valence-electron chi connectivity index (χ0n) is 11.6. The summed E-state index contributed by atoms with van der Waals surface area (Å²) in [6.45, 7) is 0. The average Bonchev–Trinajstić information content (AvgIpc) is 2.63. The molecule has 3 N–H and O–H groups in total. The molecule has 108 valence electrons. The van der Waals surface area contributed by atoms with Gasteiger partial charge in [-0.3, -0.25) is 0 Å². The van der Waals surface area contributed by atoms with Crippen LogP contribution in [0.2, 0.25) is 0 Å². The van der Waals surface area contributed by atoms with E-state index in [1.165, 1.54) is 44.1 Å². The molecule has 0 aliphatic heterocycles. The molecule has 1 aliphatic rings. The molecule has 0 spiro atoms. The Morgan fingerprint density at radius 3 is 2.60 bits per heavy atom. The lowest BCUT2D eigenvalue weighted by atomic mass is 10.1. The Balaban J connectivity index is 2.22. The Bertz CT molecular complexity index is 525. The van der Waals surface area contributed by atoms with Crippen molar-refractivity contribution >= 4 is 28.0 Å². The number of nitriles is 1. The third-order valence-corrected chi connectivity index (χ3v) is 4.73. The van der Waals surface area contributed by atoms with Gasteiger partial charge in [-0.25, -0.2) is 4.79 Å². The Morgan fingerprint density at radius 1 is 1.40 bits per heavy atom. The molecule has 2 rings (SSSR count). The molecule has 5 nitrogen and oxygen atoms in total. The van der Waals surface area contributed by atoms with Gasteiger partial charge in [0.2, 0.25) is 0 Å². The lowest BCUT2D eigenvalue weighted by Gasteiger charge is -2.16. The van der Waals surface area contributed by atoms with Gasteiger partial charge in [-0.1, -0.05) is 25.7 Å². The fourth-order valence-electron chi connectivity index (χ4n) is 2.51. The molecular formula is C14H19N3O2S. The summed E-state index contributed by atoms with van der Waals surface area (Å²) in [6.07, 6.45) is 7.12. The monoisotopic (exact) mass is 293 g/mol. The molecule has 1 aromatic rings. The second-order valence-electron chi connectivity index (χ2n) is 4.99. The van der Waals surface area contributed by atoms with Crippen LogP contribution in [0.4, 0.5) is 10.7 Å². The van der Waals surface area contributed by atoms with Gasteiger partial charge in [0.15, 0.2) is 0 Å². The summed E-state index contributed by atoms with van der Waals surface area (Å²) in [5, 5.41) is 13.3. The minimum absolute atomic E-state index is 0.223. The molecule has 6 heteroatoms. The summed E-state index contributed by atoms with van der Waals surface area (Å²) in [4.78, 5) is 11.9. The number of nitrogens with two attached hydrogens (primary N) is 1. The fourth-order valence-corrected chi connectivity index (χ4v) is 3.58. The van der Waals surface area contributed by atoms with Crippen LogP contribution in [0, 0.1) is 11.3 Å². The Hall–Kier alpha value is -1.74. The van der Waals surface area contributed by atoms with Crippen molar-refractivity contribution < 1.29 is 9.53 Å². The number of rotatable bonds is 3. The Morgan fingerprint density at radius 2 is 2.05 bits per heavy atom.